The van der Waals surface area contributed by atoms with Gasteiger partial charge in [0, 0.05) is 28.8 Å². The number of benzene rings is 1. The van der Waals surface area contributed by atoms with E-state index in [-0.39, 0.29) is 12.6 Å². The largest absolute Gasteiger partial charge is 0.395 e. The third-order valence-electron chi connectivity index (χ3n) is 2.77. The standard InChI is InChI=1S/C13H21BrN2O/c1-9(2)16(6-7-17)11-4-5-12(10(3)15)13(14)8-11/h4-5,8-10,17H,6-7,15H2,1-3H3/t10-/m1/s1. The molecule has 1 aromatic carbocycles. The summed E-state index contributed by atoms with van der Waals surface area (Å²) >= 11 is 3.55. The van der Waals surface area contributed by atoms with Crippen molar-refractivity contribution in [3.05, 3.63) is 28.2 Å². The van der Waals surface area contributed by atoms with Gasteiger partial charge in [0.05, 0.1) is 6.61 Å². The Morgan fingerprint density at radius 1 is 1.35 bits per heavy atom. The molecule has 4 heteroatoms. The lowest BCUT2D eigenvalue weighted by Gasteiger charge is -2.29. The van der Waals surface area contributed by atoms with E-state index in [4.69, 9.17) is 10.8 Å². The van der Waals surface area contributed by atoms with Crippen molar-refractivity contribution in [2.24, 2.45) is 5.73 Å². The second-order valence-corrected chi connectivity index (χ2v) is 5.36. The number of anilines is 1. The summed E-state index contributed by atoms with van der Waals surface area (Å²) in [6, 6.07) is 6.53. The van der Waals surface area contributed by atoms with Gasteiger partial charge in [0.1, 0.15) is 0 Å². The highest BCUT2D eigenvalue weighted by atomic mass is 79.9. The van der Waals surface area contributed by atoms with E-state index < -0.39 is 0 Å². The zero-order valence-electron chi connectivity index (χ0n) is 10.7. The van der Waals surface area contributed by atoms with Crippen molar-refractivity contribution in [1.82, 2.24) is 0 Å². The minimum atomic E-state index is 0.0174. The molecule has 0 fully saturated rings. The first kappa shape index (κ1) is 14.5. The van der Waals surface area contributed by atoms with Crippen molar-refractivity contribution in [2.45, 2.75) is 32.9 Å². The maximum Gasteiger partial charge on any atom is 0.0606 e. The van der Waals surface area contributed by atoms with Gasteiger partial charge in [-0.2, -0.15) is 0 Å². The Kier molecular flexibility index (Phi) is 5.43. The summed E-state index contributed by atoms with van der Waals surface area (Å²) < 4.78 is 1.02. The average molecular weight is 301 g/mol. The normalized spacial score (nSPS) is 12.9. The minimum Gasteiger partial charge on any atom is -0.395 e. The molecule has 0 aliphatic carbocycles. The van der Waals surface area contributed by atoms with E-state index in [1.807, 2.05) is 13.0 Å². The SMILES string of the molecule is CC(C)N(CCO)c1ccc([C@@H](C)N)c(Br)c1. The van der Waals surface area contributed by atoms with E-state index in [9.17, 15) is 0 Å². The van der Waals surface area contributed by atoms with Crippen LogP contribution in [0.3, 0.4) is 0 Å². The van der Waals surface area contributed by atoms with Crippen molar-refractivity contribution in [2.75, 3.05) is 18.1 Å². The number of rotatable bonds is 5. The molecule has 3 N–H and O–H groups in total. The molecular weight excluding hydrogens is 280 g/mol. The fourth-order valence-electron chi connectivity index (χ4n) is 1.86. The van der Waals surface area contributed by atoms with Crippen molar-refractivity contribution >= 4 is 21.6 Å². The van der Waals surface area contributed by atoms with Gasteiger partial charge in [0.25, 0.3) is 0 Å². The number of aliphatic hydroxyl groups excluding tert-OH is 1. The topological polar surface area (TPSA) is 49.5 Å². The number of hydrogen-bond donors (Lipinski definition) is 2. The summed E-state index contributed by atoms with van der Waals surface area (Å²) in [7, 11) is 0. The number of halogens is 1. The maximum atomic E-state index is 9.09. The minimum absolute atomic E-state index is 0.0174. The molecule has 0 spiro atoms. The van der Waals surface area contributed by atoms with Crippen LogP contribution in [0.25, 0.3) is 0 Å². The molecule has 0 saturated carbocycles. The molecule has 0 bridgehead atoms. The lowest BCUT2D eigenvalue weighted by Crippen LogP contribution is -2.33. The van der Waals surface area contributed by atoms with E-state index >= 15 is 0 Å². The van der Waals surface area contributed by atoms with Crippen LogP contribution in [0.1, 0.15) is 32.4 Å². The average Bonchev–Trinajstić information content (AvgIpc) is 2.24. The second-order valence-electron chi connectivity index (χ2n) is 4.51. The summed E-state index contributed by atoms with van der Waals surface area (Å²) in [6.07, 6.45) is 0. The van der Waals surface area contributed by atoms with Gasteiger partial charge in [-0.3, -0.25) is 0 Å². The van der Waals surface area contributed by atoms with Crippen LogP contribution < -0.4 is 10.6 Å². The predicted octanol–water partition coefficient (Wildman–Crippen LogP) is 2.68. The zero-order valence-corrected chi connectivity index (χ0v) is 12.2. The van der Waals surface area contributed by atoms with E-state index in [1.54, 1.807) is 0 Å². The van der Waals surface area contributed by atoms with Gasteiger partial charge in [0.2, 0.25) is 0 Å². The summed E-state index contributed by atoms with van der Waals surface area (Å²) in [5, 5.41) is 9.09. The number of nitrogens with two attached hydrogens (primary N) is 1. The first-order chi connectivity index (χ1) is 7.97. The van der Waals surface area contributed by atoms with Crippen molar-refractivity contribution < 1.29 is 5.11 Å². The first-order valence-corrected chi connectivity index (χ1v) is 6.69. The Morgan fingerprint density at radius 3 is 2.41 bits per heavy atom. The molecule has 1 aromatic rings. The van der Waals surface area contributed by atoms with Crippen molar-refractivity contribution in [1.29, 1.82) is 0 Å². The van der Waals surface area contributed by atoms with Crippen LogP contribution in [0.2, 0.25) is 0 Å². The maximum absolute atomic E-state index is 9.09. The highest BCUT2D eigenvalue weighted by Gasteiger charge is 2.12. The van der Waals surface area contributed by atoms with Gasteiger partial charge in [0.15, 0.2) is 0 Å². The number of nitrogens with zero attached hydrogens (tertiary/aromatic N) is 1. The van der Waals surface area contributed by atoms with Gasteiger partial charge in [-0.05, 0) is 38.5 Å². The molecule has 0 heterocycles. The van der Waals surface area contributed by atoms with Crippen LogP contribution >= 0.6 is 15.9 Å². The molecule has 17 heavy (non-hydrogen) atoms. The van der Waals surface area contributed by atoms with Crippen LogP contribution in [-0.2, 0) is 0 Å². The van der Waals surface area contributed by atoms with Crippen LogP contribution in [0, 0.1) is 0 Å². The van der Waals surface area contributed by atoms with Crippen LogP contribution in [0.4, 0.5) is 5.69 Å². The van der Waals surface area contributed by atoms with E-state index in [0.29, 0.717) is 12.6 Å². The van der Waals surface area contributed by atoms with Gasteiger partial charge < -0.3 is 15.7 Å². The second kappa shape index (κ2) is 6.38. The Hall–Kier alpha value is -0.580. The Balaban J connectivity index is 3.02. The van der Waals surface area contributed by atoms with Gasteiger partial charge in [-0.15, -0.1) is 0 Å². The number of hydrogen-bond acceptors (Lipinski definition) is 3. The predicted molar refractivity (Wildman–Crippen MR) is 76.3 cm³/mol. The molecule has 0 saturated heterocycles. The summed E-state index contributed by atoms with van der Waals surface area (Å²) in [4.78, 5) is 2.16. The lowest BCUT2D eigenvalue weighted by molar-refractivity contribution is 0.299. The van der Waals surface area contributed by atoms with E-state index in [2.05, 4.69) is 46.8 Å². The molecule has 0 unspecified atom stereocenters. The van der Waals surface area contributed by atoms with Crippen molar-refractivity contribution in [3.63, 3.8) is 0 Å². The van der Waals surface area contributed by atoms with Crippen LogP contribution in [0.15, 0.2) is 22.7 Å². The Labute approximate surface area is 112 Å². The Morgan fingerprint density at radius 2 is 2.00 bits per heavy atom. The molecule has 3 nitrogen and oxygen atoms in total. The molecule has 1 rings (SSSR count). The van der Waals surface area contributed by atoms with Gasteiger partial charge in [-0.1, -0.05) is 22.0 Å². The highest BCUT2D eigenvalue weighted by molar-refractivity contribution is 9.10. The quantitative estimate of drug-likeness (QED) is 0.879. The van der Waals surface area contributed by atoms with Crippen LogP contribution in [0.5, 0.6) is 0 Å². The van der Waals surface area contributed by atoms with E-state index in [0.717, 1.165) is 15.7 Å². The fraction of sp³-hybridized carbons (Fsp3) is 0.538. The van der Waals surface area contributed by atoms with Crippen molar-refractivity contribution in [3.8, 4) is 0 Å². The third-order valence-corrected chi connectivity index (χ3v) is 3.46. The lowest BCUT2D eigenvalue weighted by atomic mass is 10.1. The zero-order chi connectivity index (χ0) is 13.0. The summed E-state index contributed by atoms with van der Waals surface area (Å²) in [6.45, 7) is 6.99. The molecule has 96 valence electrons. The van der Waals surface area contributed by atoms with Gasteiger partial charge in [-0.25, -0.2) is 0 Å². The van der Waals surface area contributed by atoms with Crippen LogP contribution in [-0.4, -0.2) is 24.3 Å². The molecular formula is C13H21BrN2O. The molecule has 0 aromatic heterocycles. The highest BCUT2D eigenvalue weighted by Crippen LogP contribution is 2.28. The molecule has 1 atom stereocenters. The Bertz CT molecular complexity index is 366. The first-order valence-electron chi connectivity index (χ1n) is 5.90. The molecule has 0 radical (unpaired) electrons. The summed E-state index contributed by atoms with van der Waals surface area (Å²) in [5.41, 5.74) is 8.08. The fourth-order valence-corrected chi connectivity index (χ4v) is 2.58. The number of aliphatic hydroxyl groups is 1. The van der Waals surface area contributed by atoms with E-state index in [1.165, 1.54) is 0 Å². The van der Waals surface area contributed by atoms with Gasteiger partial charge >= 0.3 is 0 Å². The summed E-state index contributed by atoms with van der Waals surface area (Å²) in [5.74, 6) is 0. The molecule has 0 aliphatic heterocycles. The smallest absolute Gasteiger partial charge is 0.0606 e. The molecule has 0 aliphatic rings. The third kappa shape index (κ3) is 3.69. The monoisotopic (exact) mass is 300 g/mol. The molecule has 0 amide bonds.